The molecule has 5 heteroatoms. The number of hydrogen-bond donors (Lipinski definition) is 2. The quantitative estimate of drug-likeness (QED) is 0.573. The summed E-state index contributed by atoms with van der Waals surface area (Å²) in [6.45, 7) is 0. The molecule has 74 valence electrons. The molecule has 15 heavy (non-hydrogen) atoms. The molecule has 0 aliphatic carbocycles. The second-order valence-corrected chi connectivity index (χ2v) is 3.29. The minimum Gasteiger partial charge on any atom is -0.454 e. The van der Waals surface area contributed by atoms with E-state index in [9.17, 15) is 4.79 Å². The summed E-state index contributed by atoms with van der Waals surface area (Å²) in [5.74, 6) is 0.351. The predicted molar refractivity (Wildman–Crippen MR) is 56.5 cm³/mol. The molecule has 5 nitrogen and oxygen atoms in total. The molecule has 0 aliphatic rings. The average molecular weight is 201 g/mol. The van der Waals surface area contributed by atoms with Gasteiger partial charge in [0.05, 0.1) is 0 Å². The first-order valence-electron chi connectivity index (χ1n) is 4.41. The van der Waals surface area contributed by atoms with E-state index >= 15 is 0 Å². The Balaban J connectivity index is 2.57. The zero-order valence-electron chi connectivity index (χ0n) is 7.65. The smallest absolute Gasteiger partial charge is 0.182 e. The van der Waals surface area contributed by atoms with Gasteiger partial charge in [-0.3, -0.25) is 9.89 Å². The maximum atomic E-state index is 11.1. The summed E-state index contributed by atoms with van der Waals surface area (Å²) in [7, 11) is 0. The third-order valence-corrected chi connectivity index (χ3v) is 2.26. The number of furan rings is 1. The normalized spacial score (nSPS) is 11.2. The summed E-state index contributed by atoms with van der Waals surface area (Å²) in [6.07, 6.45) is 0. The second-order valence-electron chi connectivity index (χ2n) is 3.29. The summed E-state index contributed by atoms with van der Waals surface area (Å²) >= 11 is 0. The zero-order chi connectivity index (χ0) is 10.4. The van der Waals surface area contributed by atoms with Gasteiger partial charge in [-0.05, 0) is 12.1 Å². The van der Waals surface area contributed by atoms with Crippen molar-refractivity contribution >= 4 is 27.9 Å². The Hall–Kier alpha value is -2.30. The maximum Gasteiger partial charge on any atom is 0.182 e. The topological polar surface area (TPSA) is 84.9 Å². The van der Waals surface area contributed by atoms with E-state index in [1.807, 2.05) is 0 Å². The molecule has 2 heterocycles. The van der Waals surface area contributed by atoms with Gasteiger partial charge in [0.25, 0.3) is 0 Å². The van der Waals surface area contributed by atoms with E-state index in [-0.39, 0.29) is 5.43 Å². The molecule has 0 fully saturated rings. The maximum absolute atomic E-state index is 11.1. The van der Waals surface area contributed by atoms with E-state index in [4.69, 9.17) is 10.2 Å². The van der Waals surface area contributed by atoms with Crippen LogP contribution in [-0.4, -0.2) is 10.2 Å². The van der Waals surface area contributed by atoms with Crippen LogP contribution in [0.3, 0.4) is 0 Å². The van der Waals surface area contributed by atoms with Crippen LogP contribution in [0.15, 0.2) is 33.5 Å². The monoisotopic (exact) mass is 201 g/mol. The van der Waals surface area contributed by atoms with Crippen LogP contribution in [0.2, 0.25) is 0 Å². The lowest BCUT2D eigenvalue weighted by Gasteiger charge is -1.90. The molecule has 3 aromatic rings. The highest BCUT2D eigenvalue weighted by Gasteiger charge is 2.07. The Morgan fingerprint density at radius 3 is 3.00 bits per heavy atom. The summed E-state index contributed by atoms with van der Waals surface area (Å²) in [6, 6.07) is 6.26. The molecule has 0 radical (unpaired) electrons. The summed E-state index contributed by atoms with van der Waals surface area (Å²) in [4.78, 5) is 11.1. The van der Waals surface area contributed by atoms with Gasteiger partial charge in [0, 0.05) is 17.5 Å². The van der Waals surface area contributed by atoms with Crippen molar-refractivity contribution in [1.82, 2.24) is 10.2 Å². The summed E-state index contributed by atoms with van der Waals surface area (Å²) in [5.41, 5.74) is 7.32. The van der Waals surface area contributed by atoms with Crippen LogP contribution >= 0.6 is 0 Å². The zero-order valence-corrected chi connectivity index (χ0v) is 7.65. The number of fused-ring (bicyclic) bond motifs is 3. The Morgan fingerprint density at radius 1 is 1.27 bits per heavy atom. The first-order chi connectivity index (χ1) is 7.24. The van der Waals surface area contributed by atoms with E-state index in [0.717, 1.165) is 10.9 Å². The number of hydrogen-bond acceptors (Lipinski definition) is 4. The molecule has 0 amide bonds. The fourth-order valence-corrected chi connectivity index (χ4v) is 1.60. The standard InChI is InChI=1S/C10H7N3O2/c11-9-4-8-10(13-12-9)6-2-1-5(14)3-7(6)15-8/h1-4,13H,(H2,11,12). The van der Waals surface area contributed by atoms with Crippen molar-refractivity contribution in [2.24, 2.45) is 0 Å². The molecule has 1 aromatic carbocycles. The highest BCUT2D eigenvalue weighted by molar-refractivity contribution is 6.02. The van der Waals surface area contributed by atoms with Crippen LogP contribution in [0, 0.1) is 0 Å². The van der Waals surface area contributed by atoms with Gasteiger partial charge in [-0.25, -0.2) is 0 Å². The van der Waals surface area contributed by atoms with E-state index in [1.165, 1.54) is 12.1 Å². The van der Waals surface area contributed by atoms with Crippen molar-refractivity contribution in [3.8, 4) is 0 Å². The van der Waals surface area contributed by atoms with Crippen molar-refractivity contribution in [1.29, 1.82) is 0 Å². The van der Waals surface area contributed by atoms with Gasteiger partial charge in [0.2, 0.25) is 0 Å². The van der Waals surface area contributed by atoms with Gasteiger partial charge in [-0.2, -0.15) is 5.10 Å². The molecule has 0 unspecified atom stereocenters. The number of H-pyrrole nitrogens is 1. The van der Waals surface area contributed by atoms with E-state index in [2.05, 4.69) is 10.2 Å². The average Bonchev–Trinajstić information content (AvgIpc) is 2.53. The molecule has 0 bridgehead atoms. The molecule has 2 aromatic heterocycles. The fourth-order valence-electron chi connectivity index (χ4n) is 1.60. The molecule has 0 aliphatic heterocycles. The van der Waals surface area contributed by atoms with E-state index < -0.39 is 0 Å². The number of aromatic nitrogens is 2. The van der Waals surface area contributed by atoms with Crippen molar-refractivity contribution in [3.63, 3.8) is 0 Å². The number of nitrogens with one attached hydrogen (secondary N) is 1. The minimum atomic E-state index is -0.0810. The van der Waals surface area contributed by atoms with Crippen molar-refractivity contribution in [2.45, 2.75) is 0 Å². The van der Waals surface area contributed by atoms with Gasteiger partial charge < -0.3 is 10.2 Å². The largest absolute Gasteiger partial charge is 0.454 e. The van der Waals surface area contributed by atoms with Gasteiger partial charge in [0.1, 0.15) is 16.9 Å². The number of nitrogens with two attached hydrogens (primary N) is 1. The Kier molecular flexibility index (Phi) is 1.39. The molecule has 0 saturated heterocycles. The number of nitrogens with zero attached hydrogens (tertiary/aromatic N) is 1. The van der Waals surface area contributed by atoms with Crippen LogP contribution in [0.25, 0.3) is 22.1 Å². The highest BCUT2D eigenvalue weighted by Crippen LogP contribution is 2.25. The van der Waals surface area contributed by atoms with E-state index in [0.29, 0.717) is 17.0 Å². The van der Waals surface area contributed by atoms with Gasteiger partial charge in [-0.1, -0.05) is 0 Å². The van der Waals surface area contributed by atoms with E-state index in [1.54, 1.807) is 12.1 Å². The lowest BCUT2D eigenvalue weighted by atomic mass is 10.2. The van der Waals surface area contributed by atoms with Crippen LogP contribution in [0.4, 0.5) is 5.82 Å². The molecular formula is C10H7N3O2. The van der Waals surface area contributed by atoms with Crippen molar-refractivity contribution in [3.05, 3.63) is 34.5 Å². The number of rotatable bonds is 0. The lowest BCUT2D eigenvalue weighted by molar-refractivity contribution is 0.667. The van der Waals surface area contributed by atoms with Crippen LogP contribution in [0.1, 0.15) is 0 Å². The Bertz CT molecular complexity index is 711. The van der Waals surface area contributed by atoms with Crippen molar-refractivity contribution < 1.29 is 4.42 Å². The summed E-state index contributed by atoms with van der Waals surface area (Å²) in [5, 5.41) is 7.49. The first kappa shape index (κ1) is 8.05. The minimum absolute atomic E-state index is 0.0810. The van der Waals surface area contributed by atoms with Crippen molar-refractivity contribution in [2.75, 3.05) is 5.73 Å². The molecule has 3 rings (SSSR count). The molecule has 3 N–H and O–H groups in total. The van der Waals surface area contributed by atoms with Crippen LogP contribution < -0.4 is 11.2 Å². The van der Waals surface area contributed by atoms with Gasteiger partial charge in [0.15, 0.2) is 11.0 Å². The molecular weight excluding hydrogens is 194 g/mol. The third kappa shape index (κ3) is 1.10. The predicted octanol–water partition coefficient (Wildman–Crippen LogP) is 1.25. The SMILES string of the molecule is Nc1cc2oc3cc(=O)ccc3c2[nH]n1. The lowest BCUT2D eigenvalue weighted by Crippen LogP contribution is -1.93. The van der Waals surface area contributed by atoms with Gasteiger partial charge >= 0.3 is 0 Å². The number of nitrogen functional groups attached to an aromatic ring is 1. The molecule has 0 atom stereocenters. The fraction of sp³-hybridized carbons (Fsp3) is 0. The number of aromatic amines is 1. The van der Waals surface area contributed by atoms with Crippen LogP contribution in [0.5, 0.6) is 0 Å². The second kappa shape index (κ2) is 2.60. The first-order valence-corrected chi connectivity index (χ1v) is 4.41. The molecule has 0 spiro atoms. The Labute approximate surface area is 83.5 Å². The highest BCUT2D eigenvalue weighted by atomic mass is 16.3. The summed E-state index contributed by atoms with van der Waals surface area (Å²) < 4.78 is 5.46. The Morgan fingerprint density at radius 2 is 2.13 bits per heavy atom. The molecule has 0 saturated carbocycles. The number of benzene rings is 1. The number of anilines is 1. The third-order valence-electron chi connectivity index (χ3n) is 2.26. The van der Waals surface area contributed by atoms with Crippen LogP contribution in [-0.2, 0) is 0 Å². The van der Waals surface area contributed by atoms with Gasteiger partial charge in [-0.15, -0.1) is 0 Å².